The van der Waals surface area contributed by atoms with Gasteiger partial charge in [-0.05, 0) is 6.07 Å². The number of para-hydroxylation sites is 1. The maximum Gasteiger partial charge on any atom is 0.329 e. The third kappa shape index (κ3) is 3.90. The summed E-state index contributed by atoms with van der Waals surface area (Å²) in [7, 11) is 0. The second-order valence-electron chi connectivity index (χ2n) is 4.30. The number of carbonyl (C=O) groups is 2. The van der Waals surface area contributed by atoms with Crippen molar-refractivity contribution in [2.75, 3.05) is 19.8 Å². The Morgan fingerprint density at radius 1 is 1.29 bits per heavy atom. The SMILES string of the molecule is O=C(O)COCCNC(=O)c1cc(=O)[nH]c2ccccc12. The highest BCUT2D eigenvalue weighted by Crippen LogP contribution is 2.14. The molecular formula is C14H14N2O5. The topological polar surface area (TPSA) is 108 Å². The summed E-state index contributed by atoms with van der Waals surface area (Å²) in [4.78, 5) is 36.5. The van der Waals surface area contributed by atoms with Crippen LogP contribution < -0.4 is 10.9 Å². The predicted molar refractivity (Wildman–Crippen MR) is 75.4 cm³/mol. The molecule has 3 N–H and O–H groups in total. The first-order chi connectivity index (χ1) is 10.1. The van der Waals surface area contributed by atoms with Crippen molar-refractivity contribution in [3.05, 3.63) is 46.2 Å². The highest BCUT2D eigenvalue weighted by molar-refractivity contribution is 6.05. The van der Waals surface area contributed by atoms with Crippen molar-refractivity contribution in [1.82, 2.24) is 10.3 Å². The molecule has 7 heteroatoms. The van der Waals surface area contributed by atoms with Gasteiger partial charge < -0.3 is 20.1 Å². The summed E-state index contributed by atoms with van der Waals surface area (Å²) in [6, 6.07) is 8.22. The Balaban J connectivity index is 2.06. The van der Waals surface area contributed by atoms with Crippen LogP contribution in [0.1, 0.15) is 10.4 Å². The number of aromatic nitrogens is 1. The Labute approximate surface area is 119 Å². The van der Waals surface area contributed by atoms with Gasteiger partial charge >= 0.3 is 5.97 Å². The van der Waals surface area contributed by atoms with Crippen molar-refractivity contribution in [1.29, 1.82) is 0 Å². The monoisotopic (exact) mass is 290 g/mol. The molecule has 1 heterocycles. The van der Waals surface area contributed by atoms with E-state index in [0.29, 0.717) is 10.9 Å². The number of hydrogen-bond donors (Lipinski definition) is 3. The van der Waals surface area contributed by atoms with Crippen LogP contribution in [-0.4, -0.2) is 41.7 Å². The first-order valence-electron chi connectivity index (χ1n) is 6.28. The van der Waals surface area contributed by atoms with Gasteiger partial charge in [-0.15, -0.1) is 0 Å². The standard InChI is InChI=1S/C14H14N2O5/c17-12-7-10(9-3-1-2-4-11(9)16-12)14(20)15-5-6-21-8-13(18)19/h1-4,7H,5-6,8H2,(H,15,20)(H,16,17)(H,18,19). The minimum atomic E-state index is -1.07. The van der Waals surface area contributed by atoms with E-state index >= 15 is 0 Å². The fourth-order valence-electron chi connectivity index (χ4n) is 1.88. The molecule has 0 unspecified atom stereocenters. The number of carboxylic acids is 1. The number of carbonyl (C=O) groups excluding carboxylic acids is 1. The number of pyridine rings is 1. The van der Waals surface area contributed by atoms with Gasteiger partial charge in [0.15, 0.2) is 0 Å². The van der Waals surface area contributed by atoms with Gasteiger partial charge in [0, 0.05) is 23.5 Å². The largest absolute Gasteiger partial charge is 0.480 e. The van der Waals surface area contributed by atoms with Gasteiger partial charge in [0.2, 0.25) is 5.56 Å². The zero-order chi connectivity index (χ0) is 15.2. The highest BCUT2D eigenvalue weighted by Gasteiger charge is 2.11. The fraction of sp³-hybridized carbons (Fsp3) is 0.214. The van der Waals surface area contributed by atoms with Crippen LogP contribution in [0.15, 0.2) is 35.1 Å². The van der Waals surface area contributed by atoms with E-state index in [1.54, 1.807) is 24.3 Å². The van der Waals surface area contributed by atoms with Crippen molar-refractivity contribution in [2.45, 2.75) is 0 Å². The van der Waals surface area contributed by atoms with Gasteiger partial charge in [0.05, 0.1) is 12.2 Å². The minimum Gasteiger partial charge on any atom is -0.480 e. The predicted octanol–water partition coefficient (Wildman–Crippen LogP) is 0.359. The van der Waals surface area contributed by atoms with Gasteiger partial charge in [0.25, 0.3) is 5.91 Å². The maximum atomic E-state index is 12.1. The number of H-pyrrole nitrogens is 1. The summed E-state index contributed by atoms with van der Waals surface area (Å²) < 4.78 is 4.81. The molecular weight excluding hydrogens is 276 g/mol. The molecule has 1 amide bonds. The van der Waals surface area contributed by atoms with Crippen LogP contribution in [0.2, 0.25) is 0 Å². The number of nitrogens with one attached hydrogen (secondary N) is 2. The summed E-state index contributed by atoms with van der Waals surface area (Å²) >= 11 is 0. The molecule has 0 saturated heterocycles. The van der Waals surface area contributed by atoms with Crippen LogP contribution in [0.25, 0.3) is 10.9 Å². The van der Waals surface area contributed by atoms with Crippen LogP contribution in [-0.2, 0) is 9.53 Å². The molecule has 1 aromatic carbocycles. The number of amides is 1. The summed E-state index contributed by atoms with van der Waals surface area (Å²) in [6.07, 6.45) is 0. The van der Waals surface area contributed by atoms with Crippen molar-refractivity contribution in [3.8, 4) is 0 Å². The second kappa shape index (κ2) is 6.67. The lowest BCUT2D eigenvalue weighted by Crippen LogP contribution is -2.29. The lowest BCUT2D eigenvalue weighted by Gasteiger charge is -2.07. The van der Waals surface area contributed by atoms with Crippen molar-refractivity contribution < 1.29 is 19.4 Å². The molecule has 0 aliphatic heterocycles. The highest BCUT2D eigenvalue weighted by atomic mass is 16.5. The molecule has 0 fully saturated rings. The number of carboxylic acid groups (broad SMARTS) is 1. The molecule has 21 heavy (non-hydrogen) atoms. The zero-order valence-electron chi connectivity index (χ0n) is 11.1. The number of aliphatic carboxylic acids is 1. The number of ether oxygens (including phenoxy) is 1. The summed E-state index contributed by atoms with van der Waals surface area (Å²) in [5.41, 5.74) is 0.492. The molecule has 0 atom stereocenters. The van der Waals surface area contributed by atoms with E-state index in [1.807, 2.05) is 0 Å². The number of fused-ring (bicyclic) bond motifs is 1. The van der Waals surface area contributed by atoms with Crippen molar-refractivity contribution >= 4 is 22.8 Å². The molecule has 0 aliphatic carbocycles. The van der Waals surface area contributed by atoms with Gasteiger partial charge in [-0.1, -0.05) is 18.2 Å². The van der Waals surface area contributed by atoms with E-state index < -0.39 is 18.5 Å². The van der Waals surface area contributed by atoms with Gasteiger partial charge in [-0.25, -0.2) is 4.79 Å². The first-order valence-corrected chi connectivity index (χ1v) is 6.28. The third-order valence-corrected chi connectivity index (χ3v) is 2.75. The number of rotatable bonds is 6. The number of hydrogen-bond acceptors (Lipinski definition) is 4. The summed E-state index contributed by atoms with van der Waals surface area (Å²) in [5.74, 6) is -1.47. The van der Waals surface area contributed by atoms with Gasteiger partial charge in [0.1, 0.15) is 6.61 Å². The van der Waals surface area contributed by atoms with Crippen molar-refractivity contribution in [3.63, 3.8) is 0 Å². The van der Waals surface area contributed by atoms with E-state index in [0.717, 1.165) is 0 Å². The molecule has 2 rings (SSSR count). The van der Waals surface area contributed by atoms with E-state index in [-0.39, 0.29) is 24.3 Å². The lowest BCUT2D eigenvalue weighted by atomic mass is 10.1. The third-order valence-electron chi connectivity index (χ3n) is 2.75. The number of aromatic amines is 1. The van der Waals surface area contributed by atoms with E-state index in [2.05, 4.69) is 10.3 Å². The van der Waals surface area contributed by atoms with E-state index in [9.17, 15) is 14.4 Å². The molecule has 0 spiro atoms. The Bertz CT molecular complexity index is 723. The Hall–Kier alpha value is -2.67. The van der Waals surface area contributed by atoms with Crippen LogP contribution >= 0.6 is 0 Å². The lowest BCUT2D eigenvalue weighted by molar-refractivity contribution is -0.142. The minimum absolute atomic E-state index is 0.0825. The molecule has 110 valence electrons. The molecule has 0 saturated carbocycles. The first kappa shape index (κ1) is 14.7. The van der Waals surface area contributed by atoms with E-state index in [4.69, 9.17) is 9.84 Å². The van der Waals surface area contributed by atoms with Gasteiger partial charge in [-0.3, -0.25) is 9.59 Å². The van der Waals surface area contributed by atoms with Crippen LogP contribution in [0.5, 0.6) is 0 Å². The number of benzene rings is 1. The van der Waals surface area contributed by atoms with Gasteiger partial charge in [-0.2, -0.15) is 0 Å². The second-order valence-corrected chi connectivity index (χ2v) is 4.30. The summed E-state index contributed by atoms with van der Waals surface area (Å²) in [6.45, 7) is -0.170. The molecule has 1 aromatic heterocycles. The van der Waals surface area contributed by atoms with Crippen LogP contribution in [0, 0.1) is 0 Å². The van der Waals surface area contributed by atoms with Crippen molar-refractivity contribution in [2.24, 2.45) is 0 Å². The quantitative estimate of drug-likeness (QED) is 0.666. The maximum absolute atomic E-state index is 12.1. The average molecular weight is 290 g/mol. The zero-order valence-corrected chi connectivity index (χ0v) is 11.1. The Morgan fingerprint density at radius 3 is 2.81 bits per heavy atom. The molecule has 0 bridgehead atoms. The smallest absolute Gasteiger partial charge is 0.329 e. The molecule has 0 aliphatic rings. The molecule has 2 aromatic rings. The Morgan fingerprint density at radius 2 is 2.05 bits per heavy atom. The molecule has 7 nitrogen and oxygen atoms in total. The average Bonchev–Trinajstić information content (AvgIpc) is 2.45. The summed E-state index contributed by atoms with van der Waals surface area (Å²) in [5, 5.41) is 11.6. The Kier molecular flexibility index (Phi) is 4.68. The van der Waals surface area contributed by atoms with E-state index in [1.165, 1.54) is 6.07 Å². The van der Waals surface area contributed by atoms with Crippen LogP contribution in [0.3, 0.4) is 0 Å². The van der Waals surface area contributed by atoms with Crippen LogP contribution in [0.4, 0.5) is 0 Å². The fourth-order valence-corrected chi connectivity index (χ4v) is 1.88. The molecule has 0 radical (unpaired) electrons. The normalized spacial score (nSPS) is 10.5.